The van der Waals surface area contributed by atoms with E-state index in [1.807, 2.05) is 7.05 Å². The molecular weight excluding hydrogens is 274 g/mol. The molecule has 1 aliphatic carbocycles. The van der Waals surface area contributed by atoms with Crippen molar-refractivity contribution in [2.75, 3.05) is 33.2 Å². The fourth-order valence-corrected chi connectivity index (χ4v) is 4.79. The Bertz CT molecular complexity index is 391. The van der Waals surface area contributed by atoms with Crippen molar-refractivity contribution in [1.29, 1.82) is 0 Å². The Balaban J connectivity index is 1.76. The van der Waals surface area contributed by atoms with E-state index >= 15 is 0 Å². The Morgan fingerprint density at radius 3 is 2.30 bits per heavy atom. The van der Waals surface area contributed by atoms with Gasteiger partial charge in [-0.25, -0.2) is 4.72 Å². The van der Waals surface area contributed by atoms with E-state index in [0.29, 0.717) is 31.5 Å². The summed E-state index contributed by atoms with van der Waals surface area (Å²) < 4.78 is 29.0. The summed E-state index contributed by atoms with van der Waals surface area (Å²) in [4.78, 5) is 0. The van der Waals surface area contributed by atoms with Crippen LogP contribution in [0, 0.1) is 17.8 Å². The van der Waals surface area contributed by atoms with Gasteiger partial charge in [-0.2, -0.15) is 12.7 Å². The molecule has 2 atom stereocenters. The molecule has 118 valence electrons. The number of hydrogen-bond acceptors (Lipinski definition) is 3. The monoisotopic (exact) mass is 303 g/mol. The first-order valence-corrected chi connectivity index (χ1v) is 9.34. The van der Waals surface area contributed by atoms with Crippen LogP contribution < -0.4 is 10.0 Å². The first-order valence-electron chi connectivity index (χ1n) is 7.90. The molecule has 1 aliphatic heterocycles. The van der Waals surface area contributed by atoms with Gasteiger partial charge >= 0.3 is 0 Å². The Hall–Kier alpha value is -0.170. The average Bonchev–Trinajstić information content (AvgIpc) is 2.84. The average molecular weight is 303 g/mol. The van der Waals surface area contributed by atoms with Gasteiger partial charge in [0.1, 0.15) is 0 Å². The minimum atomic E-state index is -3.26. The van der Waals surface area contributed by atoms with E-state index in [0.717, 1.165) is 38.1 Å². The van der Waals surface area contributed by atoms with Crippen LogP contribution in [0.5, 0.6) is 0 Å². The third kappa shape index (κ3) is 4.41. The fraction of sp³-hybridized carbons (Fsp3) is 1.00. The van der Waals surface area contributed by atoms with Crippen molar-refractivity contribution in [3.63, 3.8) is 0 Å². The number of rotatable bonds is 6. The lowest BCUT2D eigenvalue weighted by Gasteiger charge is -2.31. The van der Waals surface area contributed by atoms with Crippen LogP contribution in [0.3, 0.4) is 0 Å². The molecule has 2 fully saturated rings. The Labute approximate surface area is 123 Å². The molecule has 5 nitrogen and oxygen atoms in total. The molecule has 0 spiro atoms. The highest BCUT2D eigenvalue weighted by Gasteiger charge is 2.29. The van der Waals surface area contributed by atoms with Gasteiger partial charge in [-0.1, -0.05) is 13.3 Å². The molecule has 1 saturated heterocycles. The van der Waals surface area contributed by atoms with E-state index < -0.39 is 10.2 Å². The zero-order valence-electron chi connectivity index (χ0n) is 12.8. The molecule has 0 radical (unpaired) electrons. The minimum absolute atomic E-state index is 0.529. The molecule has 2 rings (SSSR count). The van der Waals surface area contributed by atoms with E-state index in [-0.39, 0.29) is 0 Å². The van der Waals surface area contributed by atoms with E-state index in [1.54, 1.807) is 4.31 Å². The molecule has 0 aromatic heterocycles. The summed E-state index contributed by atoms with van der Waals surface area (Å²) in [5.74, 6) is 1.89. The lowest BCUT2D eigenvalue weighted by Crippen LogP contribution is -2.46. The summed E-state index contributed by atoms with van der Waals surface area (Å²) in [6.45, 7) is 5.16. The highest BCUT2D eigenvalue weighted by Crippen LogP contribution is 2.29. The maximum absolute atomic E-state index is 12.3. The molecule has 0 aromatic carbocycles. The van der Waals surface area contributed by atoms with Crippen molar-refractivity contribution < 1.29 is 8.42 Å². The van der Waals surface area contributed by atoms with E-state index in [2.05, 4.69) is 17.0 Å². The predicted octanol–water partition coefficient (Wildman–Crippen LogP) is 1.19. The van der Waals surface area contributed by atoms with Crippen molar-refractivity contribution in [3.8, 4) is 0 Å². The largest absolute Gasteiger partial charge is 0.319 e. The first kappa shape index (κ1) is 16.2. The van der Waals surface area contributed by atoms with Crippen molar-refractivity contribution in [2.24, 2.45) is 17.8 Å². The van der Waals surface area contributed by atoms with Crippen LogP contribution in [0.2, 0.25) is 0 Å². The number of nitrogens with one attached hydrogen (secondary N) is 2. The second-order valence-corrected chi connectivity index (χ2v) is 8.29. The smallest absolute Gasteiger partial charge is 0.279 e. The van der Waals surface area contributed by atoms with Crippen LogP contribution in [-0.4, -0.2) is 45.9 Å². The maximum Gasteiger partial charge on any atom is 0.279 e. The van der Waals surface area contributed by atoms with Crippen LogP contribution in [0.1, 0.15) is 39.0 Å². The summed E-state index contributed by atoms with van der Waals surface area (Å²) in [6, 6.07) is 0. The van der Waals surface area contributed by atoms with Crippen LogP contribution in [0.15, 0.2) is 0 Å². The van der Waals surface area contributed by atoms with E-state index in [4.69, 9.17) is 0 Å². The molecule has 1 saturated carbocycles. The van der Waals surface area contributed by atoms with Crippen LogP contribution in [0.25, 0.3) is 0 Å². The first-order chi connectivity index (χ1) is 9.51. The summed E-state index contributed by atoms with van der Waals surface area (Å²) in [7, 11) is -1.31. The van der Waals surface area contributed by atoms with Gasteiger partial charge in [-0.15, -0.1) is 0 Å². The molecule has 20 heavy (non-hydrogen) atoms. The van der Waals surface area contributed by atoms with Gasteiger partial charge in [0.2, 0.25) is 0 Å². The predicted molar refractivity (Wildman–Crippen MR) is 81.7 cm³/mol. The van der Waals surface area contributed by atoms with Crippen molar-refractivity contribution in [1.82, 2.24) is 14.3 Å². The number of piperidine rings is 1. The third-order valence-electron chi connectivity index (χ3n) is 4.76. The summed E-state index contributed by atoms with van der Waals surface area (Å²) >= 11 is 0. The van der Waals surface area contributed by atoms with Crippen LogP contribution in [-0.2, 0) is 10.2 Å². The normalized spacial score (nSPS) is 29.9. The van der Waals surface area contributed by atoms with Crippen LogP contribution >= 0.6 is 0 Å². The molecule has 1 heterocycles. The second-order valence-electron chi connectivity index (χ2n) is 6.54. The van der Waals surface area contributed by atoms with E-state index in [9.17, 15) is 8.42 Å². The maximum atomic E-state index is 12.3. The van der Waals surface area contributed by atoms with E-state index in [1.165, 1.54) is 6.42 Å². The van der Waals surface area contributed by atoms with Gasteiger partial charge in [-0.05, 0) is 57.0 Å². The summed E-state index contributed by atoms with van der Waals surface area (Å²) in [6.07, 6.45) is 5.48. The molecule has 2 N–H and O–H groups in total. The Morgan fingerprint density at radius 2 is 1.75 bits per heavy atom. The Morgan fingerprint density at radius 1 is 1.05 bits per heavy atom. The summed E-state index contributed by atoms with van der Waals surface area (Å²) in [5, 5.41) is 3.17. The lowest BCUT2D eigenvalue weighted by molar-refractivity contribution is 0.267. The minimum Gasteiger partial charge on any atom is -0.319 e. The van der Waals surface area contributed by atoms with Crippen molar-refractivity contribution in [2.45, 2.75) is 39.0 Å². The second kappa shape index (κ2) is 7.20. The lowest BCUT2D eigenvalue weighted by atomic mass is 9.98. The SMILES string of the molecule is CNCC1CCN(S(=O)(=O)NCC2CCC(C)C2)CC1. The van der Waals surface area contributed by atoms with Gasteiger partial charge in [0.15, 0.2) is 0 Å². The zero-order chi connectivity index (χ0) is 14.6. The van der Waals surface area contributed by atoms with Gasteiger partial charge in [0, 0.05) is 19.6 Å². The highest BCUT2D eigenvalue weighted by atomic mass is 32.2. The molecular formula is C14H29N3O2S. The fourth-order valence-electron chi connectivity index (χ4n) is 3.47. The van der Waals surface area contributed by atoms with Crippen molar-refractivity contribution in [3.05, 3.63) is 0 Å². The number of nitrogens with zero attached hydrogens (tertiary/aromatic N) is 1. The number of hydrogen-bond donors (Lipinski definition) is 2. The highest BCUT2D eigenvalue weighted by molar-refractivity contribution is 7.87. The van der Waals surface area contributed by atoms with Crippen molar-refractivity contribution >= 4 is 10.2 Å². The molecule has 2 unspecified atom stereocenters. The third-order valence-corrected chi connectivity index (χ3v) is 6.34. The van der Waals surface area contributed by atoms with Gasteiger partial charge in [0.25, 0.3) is 10.2 Å². The topological polar surface area (TPSA) is 61.4 Å². The molecule has 0 bridgehead atoms. The molecule has 6 heteroatoms. The standard InChI is InChI=1S/C14H29N3O2S/c1-12-3-4-14(9-12)11-16-20(18,19)17-7-5-13(6-8-17)10-15-2/h12-16H,3-11H2,1-2H3. The van der Waals surface area contributed by atoms with Gasteiger partial charge in [0.05, 0.1) is 0 Å². The zero-order valence-corrected chi connectivity index (χ0v) is 13.6. The molecule has 2 aliphatic rings. The van der Waals surface area contributed by atoms with Gasteiger partial charge in [-0.3, -0.25) is 0 Å². The van der Waals surface area contributed by atoms with Gasteiger partial charge < -0.3 is 5.32 Å². The molecule has 0 aromatic rings. The molecule has 0 amide bonds. The quantitative estimate of drug-likeness (QED) is 0.775. The van der Waals surface area contributed by atoms with Crippen LogP contribution in [0.4, 0.5) is 0 Å². The Kier molecular flexibility index (Phi) is 5.84. The summed E-state index contributed by atoms with van der Waals surface area (Å²) in [5.41, 5.74) is 0.